The Morgan fingerprint density at radius 3 is 2.45 bits per heavy atom. The molecule has 20 heavy (non-hydrogen) atoms. The number of imidazole rings is 1. The van der Waals surface area contributed by atoms with Gasteiger partial charge in [0, 0.05) is 25.0 Å². The van der Waals surface area contributed by atoms with Crippen molar-refractivity contribution in [1.29, 1.82) is 0 Å². The highest BCUT2D eigenvalue weighted by molar-refractivity contribution is 5.77. The van der Waals surface area contributed by atoms with E-state index in [1.807, 2.05) is 48.3 Å². The van der Waals surface area contributed by atoms with E-state index >= 15 is 0 Å². The second kappa shape index (κ2) is 5.53. The number of hydrogen-bond acceptors (Lipinski definition) is 2. The molecule has 0 saturated heterocycles. The Morgan fingerprint density at radius 2 is 1.70 bits per heavy atom. The van der Waals surface area contributed by atoms with Crippen molar-refractivity contribution in [3.05, 3.63) is 72.4 Å². The van der Waals surface area contributed by atoms with Gasteiger partial charge in [-0.2, -0.15) is 0 Å². The zero-order valence-corrected chi connectivity index (χ0v) is 11.3. The number of hydrogen-bond donors (Lipinski definition) is 0. The lowest BCUT2D eigenvalue weighted by Gasteiger charge is -2.01. The predicted molar refractivity (Wildman–Crippen MR) is 81.8 cm³/mol. The summed E-state index contributed by atoms with van der Waals surface area (Å²) in [7, 11) is 2.01. The first-order valence-electron chi connectivity index (χ1n) is 6.49. The van der Waals surface area contributed by atoms with E-state index in [-0.39, 0.29) is 0 Å². The topological polar surface area (TPSA) is 30.7 Å². The van der Waals surface area contributed by atoms with Gasteiger partial charge >= 0.3 is 0 Å². The van der Waals surface area contributed by atoms with Gasteiger partial charge in [0.05, 0.1) is 17.7 Å². The first-order valence-corrected chi connectivity index (χ1v) is 6.49. The van der Waals surface area contributed by atoms with E-state index in [1.54, 1.807) is 12.4 Å². The molecule has 0 spiro atoms. The molecule has 3 nitrogen and oxygen atoms in total. The van der Waals surface area contributed by atoms with Crippen LogP contribution in [-0.2, 0) is 7.05 Å². The summed E-state index contributed by atoms with van der Waals surface area (Å²) in [5.74, 6) is 0. The van der Waals surface area contributed by atoms with E-state index in [2.05, 4.69) is 34.3 Å². The third-order valence-electron chi connectivity index (χ3n) is 3.17. The van der Waals surface area contributed by atoms with Gasteiger partial charge in [0.2, 0.25) is 0 Å². The maximum Gasteiger partial charge on any atom is 0.0956 e. The molecule has 2 aromatic heterocycles. The minimum absolute atomic E-state index is 0.999. The van der Waals surface area contributed by atoms with Crippen LogP contribution < -0.4 is 0 Å². The molecule has 0 atom stereocenters. The molecule has 0 amide bonds. The first kappa shape index (κ1) is 12.4. The van der Waals surface area contributed by atoms with Crippen molar-refractivity contribution in [3.63, 3.8) is 0 Å². The number of rotatable bonds is 3. The maximum absolute atomic E-state index is 4.50. The smallest absolute Gasteiger partial charge is 0.0956 e. The van der Waals surface area contributed by atoms with Gasteiger partial charge in [0.1, 0.15) is 0 Å². The molecule has 3 heteroatoms. The molecule has 0 N–H and O–H groups in total. The first-order chi connectivity index (χ1) is 9.84. The number of aromatic nitrogens is 3. The number of pyridine rings is 1. The molecule has 2 heterocycles. The summed E-state index contributed by atoms with van der Waals surface area (Å²) in [6, 6.07) is 14.2. The molecule has 0 saturated carbocycles. The average molecular weight is 261 g/mol. The summed E-state index contributed by atoms with van der Waals surface area (Å²) in [5.41, 5.74) is 4.34. The lowest BCUT2D eigenvalue weighted by atomic mass is 10.1. The lowest BCUT2D eigenvalue weighted by molar-refractivity contribution is 0.903. The molecule has 0 bridgehead atoms. The number of aryl methyl sites for hydroxylation is 1. The summed E-state index contributed by atoms with van der Waals surface area (Å²) in [5, 5.41) is 0. The molecule has 0 unspecified atom stereocenters. The molecule has 0 aliphatic carbocycles. The fraction of sp³-hybridized carbons (Fsp3) is 0.0588. The molecular formula is C17H15N3. The van der Waals surface area contributed by atoms with Crippen molar-refractivity contribution in [2.45, 2.75) is 0 Å². The van der Waals surface area contributed by atoms with Crippen molar-refractivity contribution in [2.24, 2.45) is 7.05 Å². The maximum atomic E-state index is 4.50. The third-order valence-corrected chi connectivity index (χ3v) is 3.17. The normalized spacial score (nSPS) is 11.1. The van der Waals surface area contributed by atoms with E-state index in [0.29, 0.717) is 0 Å². The van der Waals surface area contributed by atoms with Gasteiger partial charge in [0.15, 0.2) is 0 Å². The molecule has 3 aromatic rings. The van der Waals surface area contributed by atoms with Crippen molar-refractivity contribution in [1.82, 2.24) is 14.5 Å². The second-order valence-corrected chi connectivity index (χ2v) is 4.57. The van der Waals surface area contributed by atoms with Gasteiger partial charge in [-0.15, -0.1) is 0 Å². The zero-order chi connectivity index (χ0) is 13.8. The fourth-order valence-corrected chi connectivity index (χ4v) is 2.10. The molecule has 3 rings (SSSR count). The predicted octanol–water partition coefficient (Wildman–Crippen LogP) is 3.65. The molecule has 1 aromatic carbocycles. The highest BCUT2D eigenvalue weighted by Crippen LogP contribution is 2.23. The summed E-state index contributed by atoms with van der Waals surface area (Å²) >= 11 is 0. The van der Waals surface area contributed by atoms with Gasteiger partial charge in [-0.3, -0.25) is 4.98 Å². The molecule has 98 valence electrons. The molecule has 0 aliphatic rings. The lowest BCUT2D eigenvalue weighted by Crippen LogP contribution is -1.89. The zero-order valence-electron chi connectivity index (χ0n) is 11.3. The molecular weight excluding hydrogens is 246 g/mol. The van der Waals surface area contributed by atoms with Crippen molar-refractivity contribution >= 4 is 12.2 Å². The highest BCUT2D eigenvalue weighted by Gasteiger charge is 2.07. The highest BCUT2D eigenvalue weighted by atomic mass is 15.0. The molecule has 0 aliphatic heterocycles. The molecule has 0 fully saturated rings. The van der Waals surface area contributed by atoms with E-state index in [1.165, 1.54) is 0 Å². The standard InChI is InChI=1S/C17H15N3/c1-20-13-19-17(15-5-3-2-4-6-15)16(20)8-7-14-9-11-18-12-10-14/h2-13H,1H3/b8-7-. The van der Waals surface area contributed by atoms with Gasteiger partial charge in [0.25, 0.3) is 0 Å². The van der Waals surface area contributed by atoms with E-state index < -0.39 is 0 Å². The Bertz CT molecular complexity index is 713. The Labute approximate surface area is 118 Å². The Balaban J connectivity index is 1.98. The van der Waals surface area contributed by atoms with Gasteiger partial charge < -0.3 is 4.57 Å². The third kappa shape index (κ3) is 2.52. The van der Waals surface area contributed by atoms with Crippen LogP contribution in [0.3, 0.4) is 0 Å². The minimum atomic E-state index is 0.999. The fourth-order valence-electron chi connectivity index (χ4n) is 2.10. The van der Waals surface area contributed by atoms with Crippen LogP contribution >= 0.6 is 0 Å². The largest absolute Gasteiger partial charge is 0.334 e. The quantitative estimate of drug-likeness (QED) is 0.720. The van der Waals surface area contributed by atoms with Gasteiger partial charge in [-0.1, -0.05) is 36.4 Å². The van der Waals surface area contributed by atoms with Crippen LogP contribution in [-0.4, -0.2) is 14.5 Å². The van der Waals surface area contributed by atoms with Crippen molar-refractivity contribution in [2.75, 3.05) is 0 Å². The van der Waals surface area contributed by atoms with Crippen LogP contribution in [0, 0.1) is 0 Å². The summed E-state index contributed by atoms with van der Waals surface area (Å²) in [6.07, 6.45) is 9.59. The van der Waals surface area contributed by atoms with Gasteiger partial charge in [-0.25, -0.2) is 4.98 Å². The SMILES string of the molecule is Cn1cnc(-c2ccccc2)c1/C=C\c1ccncc1. The number of nitrogens with zero attached hydrogens (tertiary/aromatic N) is 3. The summed E-state index contributed by atoms with van der Waals surface area (Å²) in [6.45, 7) is 0. The Morgan fingerprint density at radius 1 is 0.950 bits per heavy atom. The van der Waals surface area contributed by atoms with Crippen LogP contribution in [0.15, 0.2) is 61.2 Å². The monoisotopic (exact) mass is 261 g/mol. The average Bonchev–Trinajstić information content (AvgIpc) is 2.88. The summed E-state index contributed by atoms with van der Waals surface area (Å²) in [4.78, 5) is 8.52. The second-order valence-electron chi connectivity index (χ2n) is 4.57. The van der Waals surface area contributed by atoms with Crippen molar-refractivity contribution < 1.29 is 0 Å². The number of benzene rings is 1. The van der Waals surface area contributed by atoms with E-state index in [4.69, 9.17) is 0 Å². The van der Waals surface area contributed by atoms with Crippen LogP contribution in [0.2, 0.25) is 0 Å². The van der Waals surface area contributed by atoms with E-state index in [0.717, 1.165) is 22.5 Å². The van der Waals surface area contributed by atoms with Crippen LogP contribution in [0.4, 0.5) is 0 Å². The molecule has 0 radical (unpaired) electrons. The minimum Gasteiger partial charge on any atom is -0.334 e. The van der Waals surface area contributed by atoms with Crippen LogP contribution in [0.25, 0.3) is 23.4 Å². The Hall–Kier alpha value is -2.68. The van der Waals surface area contributed by atoms with Crippen LogP contribution in [0.1, 0.15) is 11.3 Å². The Kier molecular flexibility index (Phi) is 3.42. The van der Waals surface area contributed by atoms with E-state index in [9.17, 15) is 0 Å². The van der Waals surface area contributed by atoms with Crippen molar-refractivity contribution in [3.8, 4) is 11.3 Å². The summed E-state index contributed by atoms with van der Waals surface area (Å²) < 4.78 is 2.03. The van der Waals surface area contributed by atoms with Gasteiger partial charge in [-0.05, 0) is 23.8 Å². The van der Waals surface area contributed by atoms with Crippen LogP contribution in [0.5, 0.6) is 0 Å².